The fraction of sp³-hybridized carbons (Fsp3) is 0.0625. The van der Waals surface area contributed by atoms with E-state index in [2.05, 4.69) is 10.1 Å². The summed E-state index contributed by atoms with van der Waals surface area (Å²) in [5.41, 5.74) is 0.159. The molecule has 0 bridgehead atoms. The summed E-state index contributed by atoms with van der Waals surface area (Å²) >= 11 is 5.10. The van der Waals surface area contributed by atoms with Crippen LogP contribution in [0.4, 0.5) is 10.1 Å². The Morgan fingerprint density at radius 3 is 2.79 bits per heavy atom. The molecule has 1 amide bonds. The molecule has 24 heavy (non-hydrogen) atoms. The molecule has 3 rings (SSSR count). The van der Waals surface area contributed by atoms with Gasteiger partial charge in [-0.05, 0) is 36.5 Å². The number of ether oxygens (including phenoxy) is 1. The number of hydrogen-bond donors (Lipinski definition) is 1. The SMILES string of the molecule is COC(=O)c1ccc(/C=C2\NC(=S)N(c3ccccc3F)C2=O)o1. The first-order chi connectivity index (χ1) is 11.5. The van der Waals surface area contributed by atoms with Crippen LogP contribution in [-0.4, -0.2) is 24.1 Å². The number of hydrogen-bond acceptors (Lipinski definition) is 5. The minimum atomic E-state index is -0.631. The van der Waals surface area contributed by atoms with Crippen LogP contribution in [0, 0.1) is 5.82 Å². The lowest BCUT2D eigenvalue weighted by Crippen LogP contribution is -2.31. The quantitative estimate of drug-likeness (QED) is 0.523. The molecule has 6 nitrogen and oxygen atoms in total. The Morgan fingerprint density at radius 2 is 2.08 bits per heavy atom. The zero-order valence-corrected chi connectivity index (χ0v) is 13.2. The lowest BCUT2D eigenvalue weighted by molar-refractivity contribution is -0.113. The smallest absolute Gasteiger partial charge is 0.373 e. The summed E-state index contributed by atoms with van der Waals surface area (Å²) in [7, 11) is 1.23. The Morgan fingerprint density at radius 1 is 1.33 bits per heavy atom. The number of esters is 1. The van der Waals surface area contributed by atoms with E-state index < -0.39 is 17.7 Å². The molecular weight excluding hydrogens is 335 g/mol. The van der Waals surface area contributed by atoms with Crippen LogP contribution in [0.3, 0.4) is 0 Å². The van der Waals surface area contributed by atoms with Crippen molar-refractivity contribution in [1.29, 1.82) is 0 Å². The molecule has 1 aliphatic heterocycles. The van der Waals surface area contributed by atoms with Gasteiger partial charge < -0.3 is 14.5 Å². The topological polar surface area (TPSA) is 71.8 Å². The van der Waals surface area contributed by atoms with Crippen molar-refractivity contribution in [3.05, 3.63) is 59.4 Å². The minimum Gasteiger partial charge on any atom is -0.463 e. The molecule has 0 atom stereocenters. The summed E-state index contributed by atoms with van der Waals surface area (Å²) in [5.74, 6) is -1.47. The number of carbonyl (C=O) groups excluding carboxylic acids is 2. The van der Waals surface area contributed by atoms with Crippen LogP contribution in [-0.2, 0) is 9.53 Å². The largest absolute Gasteiger partial charge is 0.463 e. The van der Waals surface area contributed by atoms with Crippen LogP contribution < -0.4 is 10.2 Å². The summed E-state index contributed by atoms with van der Waals surface area (Å²) in [6.45, 7) is 0. The van der Waals surface area contributed by atoms with Crippen molar-refractivity contribution < 1.29 is 23.1 Å². The molecule has 1 fully saturated rings. The molecule has 0 saturated carbocycles. The van der Waals surface area contributed by atoms with Gasteiger partial charge in [-0.1, -0.05) is 12.1 Å². The maximum atomic E-state index is 13.9. The van der Waals surface area contributed by atoms with Gasteiger partial charge in [0.25, 0.3) is 5.91 Å². The van der Waals surface area contributed by atoms with Crippen LogP contribution in [0.15, 0.2) is 46.5 Å². The fourth-order valence-corrected chi connectivity index (χ4v) is 2.46. The average molecular weight is 346 g/mol. The van der Waals surface area contributed by atoms with Crippen molar-refractivity contribution in [1.82, 2.24) is 5.32 Å². The average Bonchev–Trinajstić information content (AvgIpc) is 3.13. The molecule has 0 unspecified atom stereocenters. The van der Waals surface area contributed by atoms with Crippen LogP contribution in [0.25, 0.3) is 6.08 Å². The van der Waals surface area contributed by atoms with E-state index in [4.69, 9.17) is 16.6 Å². The summed E-state index contributed by atoms with van der Waals surface area (Å²) in [6.07, 6.45) is 1.38. The third-order valence-electron chi connectivity index (χ3n) is 3.27. The number of nitrogens with zero attached hydrogens (tertiary/aromatic N) is 1. The Bertz CT molecular complexity index is 874. The normalized spacial score (nSPS) is 15.8. The zero-order chi connectivity index (χ0) is 17.3. The van der Waals surface area contributed by atoms with Gasteiger partial charge in [0.1, 0.15) is 17.3 Å². The van der Waals surface area contributed by atoms with Crippen molar-refractivity contribution in [3.63, 3.8) is 0 Å². The van der Waals surface area contributed by atoms with Crippen molar-refractivity contribution in [2.45, 2.75) is 0 Å². The molecular formula is C16H11FN2O4S. The number of para-hydroxylation sites is 1. The number of rotatable bonds is 3. The van der Waals surface area contributed by atoms with E-state index in [0.29, 0.717) is 0 Å². The lowest BCUT2D eigenvalue weighted by Gasteiger charge is -2.14. The minimum absolute atomic E-state index is 0.00309. The van der Waals surface area contributed by atoms with Gasteiger partial charge in [-0.3, -0.25) is 4.79 Å². The number of methoxy groups -OCH3 is 1. The van der Waals surface area contributed by atoms with Gasteiger partial charge in [0.05, 0.1) is 12.8 Å². The second-order valence-electron chi connectivity index (χ2n) is 4.77. The highest BCUT2D eigenvalue weighted by Gasteiger charge is 2.33. The van der Waals surface area contributed by atoms with Gasteiger partial charge in [-0.2, -0.15) is 0 Å². The predicted octanol–water partition coefficient (Wildman–Crippen LogP) is 2.47. The van der Waals surface area contributed by atoms with Crippen molar-refractivity contribution in [2.24, 2.45) is 0 Å². The zero-order valence-electron chi connectivity index (χ0n) is 12.4. The summed E-state index contributed by atoms with van der Waals surface area (Å²) < 4.78 is 23.7. The van der Waals surface area contributed by atoms with Crippen molar-refractivity contribution in [3.8, 4) is 0 Å². The first-order valence-corrected chi connectivity index (χ1v) is 7.22. The number of benzene rings is 1. The number of carbonyl (C=O) groups is 2. The van der Waals surface area contributed by atoms with E-state index in [0.717, 1.165) is 4.90 Å². The van der Waals surface area contributed by atoms with Crippen LogP contribution in [0.1, 0.15) is 16.3 Å². The first kappa shape index (κ1) is 15.9. The van der Waals surface area contributed by atoms with E-state index in [-0.39, 0.29) is 28.0 Å². The van der Waals surface area contributed by atoms with Gasteiger partial charge in [-0.25, -0.2) is 14.1 Å². The van der Waals surface area contributed by atoms with Crippen LogP contribution in [0.5, 0.6) is 0 Å². The number of halogens is 1. The van der Waals surface area contributed by atoms with E-state index >= 15 is 0 Å². The molecule has 1 aromatic carbocycles. The molecule has 1 N–H and O–H groups in total. The molecule has 1 saturated heterocycles. The Balaban J connectivity index is 1.90. The number of thiocarbonyl (C=S) groups is 1. The number of nitrogens with one attached hydrogen (secondary N) is 1. The summed E-state index contributed by atoms with van der Waals surface area (Å²) in [5, 5.41) is 2.76. The molecule has 1 aromatic heterocycles. The molecule has 0 radical (unpaired) electrons. The standard InChI is InChI=1S/C16H11FN2O4S/c1-22-15(21)13-7-6-9(23-13)8-11-14(20)19(16(24)18-11)12-5-3-2-4-10(12)17/h2-8H,1H3,(H,18,24)/b11-8-. The van der Waals surface area contributed by atoms with Crippen LogP contribution >= 0.6 is 12.2 Å². The van der Waals surface area contributed by atoms with Gasteiger partial charge >= 0.3 is 5.97 Å². The third kappa shape index (κ3) is 2.79. The number of anilines is 1. The van der Waals surface area contributed by atoms with Gasteiger partial charge in [0.2, 0.25) is 5.76 Å². The van der Waals surface area contributed by atoms with E-state index in [1.54, 1.807) is 6.07 Å². The summed E-state index contributed by atoms with van der Waals surface area (Å²) in [6, 6.07) is 8.73. The van der Waals surface area contributed by atoms with E-state index in [1.165, 1.54) is 43.5 Å². The lowest BCUT2D eigenvalue weighted by atomic mass is 10.2. The molecule has 0 spiro atoms. The highest BCUT2D eigenvalue weighted by atomic mass is 32.1. The van der Waals surface area contributed by atoms with E-state index in [1.807, 2.05) is 0 Å². The van der Waals surface area contributed by atoms with Crippen molar-refractivity contribution in [2.75, 3.05) is 12.0 Å². The molecule has 1 aliphatic rings. The maximum absolute atomic E-state index is 13.9. The predicted molar refractivity (Wildman–Crippen MR) is 87.6 cm³/mol. The van der Waals surface area contributed by atoms with E-state index in [9.17, 15) is 14.0 Å². The maximum Gasteiger partial charge on any atom is 0.373 e. The second kappa shape index (κ2) is 6.25. The van der Waals surface area contributed by atoms with Crippen LogP contribution in [0.2, 0.25) is 0 Å². The highest BCUT2D eigenvalue weighted by Crippen LogP contribution is 2.25. The fourth-order valence-electron chi connectivity index (χ4n) is 2.17. The Labute approximate surface area is 141 Å². The third-order valence-corrected chi connectivity index (χ3v) is 3.56. The Kier molecular flexibility index (Phi) is 4.13. The highest BCUT2D eigenvalue weighted by molar-refractivity contribution is 7.80. The molecule has 2 heterocycles. The van der Waals surface area contributed by atoms with Gasteiger partial charge in [0.15, 0.2) is 5.11 Å². The molecule has 8 heteroatoms. The number of furan rings is 1. The van der Waals surface area contributed by atoms with Gasteiger partial charge in [-0.15, -0.1) is 0 Å². The summed E-state index contributed by atoms with van der Waals surface area (Å²) in [4.78, 5) is 24.9. The first-order valence-electron chi connectivity index (χ1n) is 6.81. The van der Waals surface area contributed by atoms with Gasteiger partial charge in [0, 0.05) is 6.08 Å². The second-order valence-corrected chi connectivity index (χ2v) is 5.16. The Hall–Kier alpha value is -3.00. The van der Waals surface area contributed by atoms with Crippen molar-refractivity contribution >= 4 is 41.0 Å². The number of amides is 1. The molecule has 122 valence electrons. The molecule has 0 aliphatic carbocycles. The monoisotopic (exact) mass is 346 g/mol. The molecule has 2 aromatic rings.